The molecule has 2 heterocycles. The number of nitrogens with zero attached hydrogens (tertiary/aromatic N) is 5. The van der Waals surface area contributed by atoms with Crippen molar-refractivity contribution >= 4 is 41.2 Å². The van der Waals surface area contributed by atoms with Crippen LogP contribution in [-0.2, 0) is 4.79 Å². The minimum atomic E-state index is -0.387. The average Bonchev–Trinajstić information content (AvgIpc) is 2.94. The maximum Gasteiger partial charge on any atom is 0.256 e. The molecular formula is C27H37N9O3. The van der Waals surface area contributed by atoms with Gasteiger partial charge in [0.05, 0.1) is 7.11 Å². The summed E-state index contributed by atoms with van der Waals surface area (Å²) in [4.78, 5) is 35.1. The van der Waals surface area contributed by atoms with E-state index in [1.807, 2.05) is 39.1 Å². The molecule has 0 bridgehead atoms. The highest BCUT2D eigenvalue weighted by Crippen LogP contribution is 2.29. The first kappa shape index (κ1) is 29.1. The number of aldehydes is 1. The van der Waals surface area contributed by atoms with Crippen molar-refractivity contribution in [3.05, 3.63) is 54.8 Å². The first-order valence-electron chi connectivity index (χ1n) is 12.7. The van der Waals surface area contributed by atoms with Crippen LogP contribution in [-0.4, -0.2) is 85.9 Å². The molecule has 0 saturated carbocycles. The molecule has 0 spiro atoms. The Labute approximate surface area is 229 Å². The third-order valence-electron chi connectivity index (χ3n) is 5.90. The molecule has 1 fully saturated rings. The highest BCUT2D eigenvalue weighted by atomic mass is 16.5. The zero-order chi connectivity index (χ0) is 28.2. The molecule has 1 aromatic carbocycles. The fourth-order valence-corrected chi connectivity index (χ4v) is 3.61. The molecule has 12 heteroatoms. The summed E-state index contributed by atoms with van der Waals surface area (Å²) in [5, 5.41) is 18.6. The predicted molar refractivity (Wildman–Crippen MR) is 155 cm³/mol. The number of nitrogens with one attached hydrogen (secondary N) is 4. The molecule has 0 aliphatic carbocycles. The van der Waals surface area contributed by atoms with Gasteiger partial charge in [-0.15, -0.1) is 6.58 Å². The Balaban J connectivity index is 1.98. The number of ether oxygens (including phenoxy) is 1. The maximum absolute atomic E-state index is 12.9. The molecule has 0 radical (unpaired) electrons. The van der Waals surface area contributed by atoms with Crippen LogP contribution < -0.4 is 30.9 Å². The number of carbonyl (C=O) groups excluding carboxylic acids is 2. The lowest BCUT2D eigenvalue weighted by Crippen LogP contribution is -2.43. The van der Waals surface area contributed by atoms with Crippen LogP contribution in [0.2, 0.25) is 0 Å². The SMILES string of the molecule is C=CCNC(=O)c1cnc(Nc2cc(OC)cc(N3CCNCC3)c2)nc1NC(/C=C\C=O)=N/N(C)C(C)C. The quantitative estimate of drug-likeness (QED) is 0.0801. The van der Waals surface area contributed by atoms with E-state index in [0.717, 1.165) is 37.6 Å². The Kier molecular flexibility index (Phi) is 10.8. The topological polar surface area (TPSA) is 136 Å². The van der Waals surface area contributed by atoms with Crippen LogP contribution in [0.5, 0.6) is 5.75 Å². The molecule has 1 saturated heterocycles. The van der Waals surface area contributed by atoms with E-state index in [0.29, 0.717) is 17.9 Å². The maximum atomic E-state index is 12.9. The van der Waals surface area contributed by atoms with Gasteiger partial charge in [-0.05, 0) is 32.1 Å². The van der Waals surface area contributed by atoms with Crippen molar-refractivity contribution < 1.29 is 14.3 Å². The largest absolute Gasteiger partial charge is 0.497 e. The van der Waals surface area contributed by atoms with Crippen LogP contribution in [0.4, 0.5) is 23.1 Å². The Bertz CT molecular complexity index is 1210. The van der Waals surface area contributed by atoms with Crippen LogP contribution in [0, 0.1) is 0 Å². The van der Waals surface area contributed by atoms with Crippen LogP contribution in [0.25, 0.3) is 0 Å². The third-order valence-corrected chi connectivity index (χ3v) is 5.90. The number of piperazine rings is 1. The van der Waals surface area contributed by atoms with Gasteiger partial charge in [-0.1, -0.05) is 6.08 Å². The van der Waals surface area contributed by atoms with Crippen LogP contribution in [0.3, 0.4) is 0 Å². The zero-order valence-corrected chi connectivity index (χ0v) is 22.9. The normalized spacial score (nSPS) is 13.8. The summed E-state index contributed by atoms with van der Waals surface area (Å²) in [6.45, 7) is 11.5. The number of benzene rings is 1. The van der Waals surface area contributed by atoms with Crippen molar-refractivity contribution in [3.63, 3.8) is 0 Å². The Hall–Kier alpha value is -4.45. The number of amides is 1. The molecule has 4 N–H and O–H groups in total. The van der Waals surface area contributed by atoms with Crippen molar-refractivity contribution in [3.8, 4) is 5.75 Å². The van der Waals surface area contributed by atoms with E-state index >= 15 is 0 Å². The fraction of sp³-hybridized carbons (Fsp3) is 0.370. The lowest BCUT2D eigenvalue weighted by atomic mass is 10.2. The first-order chi connectivity index (χ1) is 18.8. The van der Waals surface area contributed by atoms with Gasteiger partial charge in [0.2, 0.25) is 5.95 Å². The van der Waals surface area contributed by atoms with Crippen molar-refractivity contribution in [2.45, 2.75) is 19.9 Å². The van der Waals surface area contributed by atoms with Gasteiger partial charge in [0.25, 0.3) is 5.91 Å². The molecule has 3 rings (SSSR count). The van der Waals surface area contributed by atoms with Crippen LogP contribution in [0.1, 0.15) is 24.2 Å². The molecule has 208 valence electrons. The van der Waals surface area contributed by atoms with E-state index in [9.17, 15) is 9.59 Å². The van der Waals surface area contributed by atoms with E-state index < -0.39 is 0 Å². The van der Waals surface area contributed by atoms with Crippen LogP contribution >= 0.6 is 0 Å². The highest BCUT2D eigenvalue weighted by molar-refractivity contribution is 6.08. The number of hydrogen-bond donors (Lipinski definition) is 4. The number of hydrogen-bond acceptors (Lipinski definition) is 10. The Morgan fingerprint density at radius 2 is 2.08 bits per heavy atom. The van der Waals surface area contributed by atoms with E-state index in [-0.39, 0.29) is 35.8 Å². The number of allylic oxidation sites excluding steroid dienone is 1. The van der Waals surface area contributed by atoms with Gasteiger partial charge in [0.15, 0.2) is 5.84 Å². The molecule has 0 atom stereocenters. The van der Waals surface area contributed by atoms with E-state index in [4.69, 9.17) is 4.74 Å². The van der Waals surface area contributed by atoms with Gasteiger partial charge in [-0.2, -0.15) is 10.1 Å². The van der Waals surface area contributed by atoms with E-state index in [2.05, 4.69) is 47.8 Å². The smallest absolute Gasteiger partial charge is 0.256 e. The molecular weight excluding hydrogens is 498 g/mol. The third kappa shape index (κ3) is 8.54. The summed E-state index contributed by atoms with van der Waals surface area (Å²) in [7, 11) is 3.43. The number of amidine groups is 1. The van der Waals surface area contributed by atoms with Crippen molar-refractivity contribution in [1.82, 2.24) is 25.6 Å². The molecule has 1 amide bonds. The molecule has 39 heavy (non-hydrogen) atoms. The second kappa shape index (κ2) is 14.5. The van der Waals surface area contributed by atoms with Crippen molar-refractivity contribution in [2.75, 3.05) is 62.4 Å². The molecule has 1 aliphatic rings. The second-order valence-corrected chi connectivity index (χ2v) is 9.01. The summed E-state index contributed by atoms with van der Waals surface area (Å²) < 4.78 is 5.53. The first-order valence-corrected chi connectivity index (χ1v) is 12.7. The summed E-state index contributed by atoms with van der Waals surface area (Å²) in [5.74, 6) is 1.10. The van der Waals surface area contributed by atoms with E-state index in [1.54, 1.807) is 18.2 Å². The van der Waals surface area contributed by atoms with Crippen molar-refractivity contribution in [1.29, 1.82) is 0 Å². The molecule has 0 unspecified atom stereocenters. The molecule has 12 nitrogen and oxygen atoms in total. The summed E-state index contributed by atoms with van der Waals surface area (Å²) in [6, 6.07) is 5.95. The monoisotopic (exact) mass is 535 g/mol. The van der Waals surface area contributed by atoms with E-state index in [1.165, 1.54) is 18.3 Å². The minimum Gasteiger partial charge on any atom is -0.497 e. The van der Waals surface area contributed by atoms with Gasteiger partial charge in [-0.25, -0.2) is 4.98 Å². The summed E-state index contributed by atoms with van der Waals surface area (Å²) in [6.07, 6.45) is 6.48. The molecule has 1 aliphatic heterocycles. The van der Waals surface area contributed by atoms with Crippen LogP contribution in [0.15, 0.2) is 54.3 Å². The van der Waals surface area contributed by atoms with Gasteiger partial charge < -0.3 is 30.9 Å². The Morgan fingerprint density at radius 1 is 1.31 bits per heavy atom. The number of hydrazone groups is 1. The predicted octanol–water partition coefficient (Wildman–Crippen LogP) is 2.37. The minimum absolute atomic E-state index is 0.0994. The summed E-state index contributed by atoms with van der Waals surface area (Å²) in [5.41, 5.74) is 1.95. The van der Waals surface area contributed by atoms with Gasteiger partial charge in [-0.3, -0.25) is 14.6 Å². The average molecular weight is 536 g/mol. The lowest BCUT2D eigenvalue weighted by molar-refractivity contribution is -0.104. The molecule has 1 aromatic heterocycles. The van der Waals surface area contributed by atoms with Crippen molar-refractivity contribution in [2.24, 2.45) is 5.10 Å². The number of anilines is 4. The number of rotatable bonds is 12. The Morgan fingerprint density at radius 3 is 2.74 bits per heavy atom. The lowest BCUT2D eigenvalue weighted by Gasteiger charge is -2.30. The standard InChI is InChI=1S/C27H37N9O3/c1-6-9-29-26(38)23-18-30-27(33-25(23)32-24(8-7-14-37)34-35(4)19(2)3)31-20-15-21(17-22(16-20)39-5)36-12-10-28-11-13-36/h6-8,14-19,28H,1,9-13H2,2-5H3,(H,29,38)(H2,30,31,32,33,34)/b8-7-. The van der Waals surface area contributed by atoms with Gasteiger partial charge in [0, 0.05) is 75.5 Å². The van der Waals surface area contributed by atoms with Gasteiger partial charge in [0.1, 0.15) is 23.4 Å². The summed E-state index contributed by atoms with van der Waals surface area (Å²) >= 11 is 0. The fourth-order valence-electron chi connectivity index (χ4n) is 3.61. The second-order valence-electron chi connectivity index (χ2n) is 9.01. The number of methoxy groups -OCH3 is 1. The van der Waals surface area contributed by atoms with Gasteiger partial charge >= 0.3 is 0 Å². The zero-order valence-electron chi connectivity index (χ0n) is 22.9. The number of aromatic nitrogens is 2. The number of carbonyl (C=O) groups is 2. The highest BCUT2D eigenvalue weighted by Gasteiger charge is 2.17. The molecule has 2 aromatic rings.